The minimum absolute atomic E-state index is 0. The van der Waals surface area contributed by atoms with E-state index >= 15 is 0 Å². The smallest absolute Gasteiger partial charge is 0.317 e. The van der Waals surface area contributed by atoms with Gasteiger partial charge in [0.1, 0.15) is 0 Å². The van der Waals surface area contributed by atoms with Crippen LogP contribution in [-0.4, -0.2) is 188 Å². The largest absolute Gasteiger partial charge is 0.480 e. The summed E-state index contributed by atoms with van der Waals surface area (Å²) in [6, 6.07) is 0. The van der Waals surface area contributed by atoms with E-state index in [1.165, 1.54) is 4.90 Å². The van der Waals surface area contributed by atoms with E-state index in [2.05, 4.69) is 0 Å². The van der Waals surface area contributed by atoms with Gasteiger partial charge in [-0.05, 0) is 0 Å². The van der Waals surface area contributed by atoms with Gasteiger partial charge in [0.2, 0.25) is 0 Å². The number of carbonyl (C=O) groups is 5. The summed E-state index contributed by atoms with van der Waals surface area (Å²) in [6.45, 7) is -2.74. The fourth-order valence-electron chi connectivity index (χ4n) is 2.22. The topological polar surface area (TPSA) is 196 Å². The molecule has 0 saturated carbocycles. The molecule has 0 spiro atoms. The van der Waals surface area contributed by atoms with Gasteiger partial charge in [0.15, 0.2) is 0 Å². The van der Waals surface area contributed by atoms with Gasteiger partial charge in [0, 0.05) is 102 Å². The van der Waals surface area contributed by atoms with Crippen molar-refractivity contribution in [3.05, 3.63) is 0 Å². The van der Waals surface area contributed by atoms with Crippen molar-refractivity contribution in [1.82, 2.24) is 14.7 Å². The Kier molecular flexibility index (Phi) is 25.5. The molecular weight excluding hydrogens is 472 g/mol. The van der Waals surface area contributed by atoms with E-state index in [0.717, 1.165) is 9.80 Å². The normalized spacial score (nSPS) is 9.97. The molecule has 0 aromatic rings. The number of rotatable bonds is 16. The van der Waals surface area contributed by atoms with Crippen LogP contribution in [0.15, 0.2) is 0 Å². The first-order valence-electron chi connectivity index (χ1n) is 7.75. The Hall–Kier alpha value is -0.251. The van der Waals surface area contributed by atoms with Crippen LogP contribution in [0.2, 0.25) is 0 Å². The summed E-state index contributed by atoms with van der Waals surface area (Å²) in [5, 5.41) is 44.1. The first kappa shape index (κ1) is 37.1. The van der Waals surface area contributed by atoms with E-state index in [9.17, 15) is 24.0 Å². The number of hydrogen-bond donors (Lipinski definition) is 5. The molecule has 0 fully saturated rings. The van der Waals surface area contributed by atoms with E-state index < -0.39 is 62.6 Å². The first-order valence-corrected chi connectivity index (χ1v) is 7.75. The third kappa shape index (κ3) is 22.4. The summed E-state index contributed by atoms with van der Waals surface area (Å²) in [7, 11) is 0. The molecule has 164 valence electrons. The zero-order valence-electron chi connectivity index (χ0n) is 16.8. The SMILES string of the molecule is O=C(O)CN(CCN(CC(=O)O)CC(=O)O)CCN(CC(=O)O)CC(=O)O.[Fe].[Na].[Na]. The Morgan fingerprint density at radius 1 is 0.433 bits per heavy atom. The average molecular weight is 495 g/mol. The van der Waals surface area contributed by atoms with Crippen molar-refractivity contribution in [2.45, 2.75) is 0 Å². The summed E-state index contributed by atoms with van der Waals surface area (Å²) < 4.78 is 0. The first-order chi connectivity index (χ1) is 12.5. The third-order valence-electron chi connectivity index (χ3n) is 3.26. The van der Waals surface area contributed by atoms with Crippen molar-refractivity contribution in [1.29, 1.82) is 0 Å². The Morgan fingerprint density at radius 2 is 0.600 bits per heavy atom. The molecule has 0 atom stereocenters. The molecule has 0 bridgehead atoms. The Morgan fingerprint density at radius 3 is 0.800 bits per heavy atom. The summed E-state index contributed by atoms with van der Waals surface area (Å²) in [4.78, 5) is 57.6. The number of carboxylic acids is 5. The zero-order valence-corrected chi connectivity index (χ0v) is 21.9. The van der Waals surface area contributed by atoms with Gasteiger partial charge in [-0.3, -0.25) is 38.7 Å². The van der Waals surface area contributed by atoms with Crippen LogP contribution >= 0.6 is 0 Å². The van der Waals surface area contributed by atoms with Crippen LogP contribution in [0.5, 0.6) is 0 Å². The standard InChI is InChI=1S/C14H23N3O10.Fe.2Na/c18-10(19)5-15(1-3-16(6-11(20)21)7-12(22)23)2-4-17(8-13(24)25)9-14(26)27;;;/h1-9H2,(H,18,19)(H,20,21)(H,22,23)(H,24,25)(H,26,27);;;. The maximum absolute atomic E-state index is 11.0. The molecule has 0 saturated heterocycles. The van der Waals surface area contributed by atoms with Gasteiger partial charge in [-0.1, -0.05) is 0 Å². The Labute approximate surface area is 227 Å². The molecule has 0 aliphatic carbocycles. The van der Waals surface area contributed by atoms with Crippen LogP contribution in [-0.2, 0) is 41.0 Å². The zero-order chi connectivity index (χ0) is 21.0. The maximum Gasteiger partial charge on any atom is 0.317 e. The molecule has 16 heteroatoms. The van der Waals surface area contributed by atoms with Crippen LogP contribution < -0.4 is 0 Å². The summed E-state index contributed by atoms with van der Waals surface area (Å²) in [5.74, 6) is -6.16. The molecule has 0 aromatic heterocycles. The molecule has 2 radical (unpaired) electrons. The molecule has 0 heterocycles. The fourth-order valence-corrected chi connectivity index (χ4v) is 2.22. The number of nitrogens with zero attached hydrogens (tertiary/aromatic N) is 3. The van der Waals surface area contributed by atoms with Crippen molar-refractivity contribution >= 4 is 89.0 Å². The molecule has 30 heavy (non-hydrogen) atoms. The summed E-state index contributed by atoms with van der Waals surface area (Å²) >= 11 is 0. The van der Waals surface area contributed by atoms with Crippen LogP contribution in [0.4, 0.5) is 0 Å². The predicted molar refractivity (Wildman–Crippen MR) is 99.0 cm³/mol. The molecule has 0 aromatic carbocycles. The molecule has 0 aliphatic heterocycles. The van der Waals surface area contributed by atoms with Gasteiger partial charge in [0.05, 0.1) is 32.7 Å². The fraction of sp³-hybridized carbons (Fsp3) is 0.643. The van der Waals surface area contributed by atoms with Gasteiger partial charge >= 0.3 is 29.8 Å². The predicted octanol–water partition coefficient (Wildman–Crippen LogP) is -3.45. The van der Waals surface area contributed by atoms with Gasteiger partial charge in [-0.25, -0.2) is 0 Å². The quantitative estimate of drug-likeness (QED) is 0.133. The third-order valence-corrected chi connectivity index (χ3v) is 3.26. The van der Waals surface area contributed by atoms with Crippen molar-refractivity contribution in [3.63, 3.8) is 0 Å². The van der Waals surface area contributed by atoms with Crippen molar-refractivity contribution in [3.8, 4) is 0 Å². The van der Waals surface area contributed by atoms with Crippen LogP contribution in [0.1, 0.15) is 0 Å². The number of carboxylic acid groups (broad SMARTS) is 5. The molecule has 0 unspecified atom stereocenters. The van der Waals surface area contributed by atoms with Crippen LogP contribution in [0.25, 0.3) is 0 Å². The van der Waals surface area contributed by atoms with E-state index in [1.54, 1.807) is 0 Å². The second-order valence-corrected chi connectivity index (χ2v) is 5.67. The minimum Gasteiger partial charge on any atom is -0.480 e. The monoisotopic (exact) mass is 495 g/mol. The molecule has 0 rings (SSSR count). The van der Waals surface area contributed by atoms with Crippen LogP contribution in [0.3, 0.4) is 0 Å². The molecule has 13 nitrogen and oxygen atoms in total. The van der Waals surface area contributed by atoms with Gasteiger partial charge < -0.3 is 25.5 Å². The van der Waals surface area contributed by atoms with E-state index in [4.69, 9.17) is 25.5 Å². The second kappa shape index (κ2) is 20.6. The van der Waals surface area contributed by atoms with Crippen molar-refractivity contribution < 1.29 is 66.6 Å². The number of hydrogen-bond acceptors (Lipinski definition) is 8. The molecule has 5 N–H and O–H groups in total. The summed E-state index contributed by atoms with van der Waals surface area (Å²) in [6.07, 6.45) is 0. The average Bonchev–Trinajstić information content (AvgIpc) is 2.46. The van der Waals surface area contributed by atoms with Crippen molar-refractivity contribution in [2.24, 2.45) is 0 Å². The maximum atomic E-state index is 11.0. The van der Waals surface area contributed by atoms with E-state index in [1.807, 2.05) is 0 Å². The molecule has 0 aliphatic rings. The Balaban J connectivity index is -0.00000113. The minimum atomic E-state index is -1.24. The number of aliphatic carboxylic acids is 5. The van der Waals surface area contributed by atoms with Gasteiger partial charge in [-0.2, -0.15) is 0 Å². The molecular formula is C14H23FeN3Na2O10. The van der Waals surface area contributed by atoms with Crippen molar-refractivity contribution in [2.75, 3.05) is 58.9 Å². The summed E-state index contributed by atoms with van der Waals surface area (Å²) in [5.41, 5.74) is 0. The Bertz CT molecular complexity index is 498. The van der Waals surface area contributed by atoms with Gasteiger partial charge in [-0.15, -0.1) is 0 Å². The van der Waals surface area contributed by atoms with Gasteiger partial charge in [0.25, 0.3) is 0 Å². The van der Waals surface area contributed by atoms with Crippen LogP contribution in [0, 0.1) is 0 Å². The molecule has 0 amide bonds. The van der Waals surface area contributed by atoms with E-state index in [0.29, 0.717) is 0 Å². The van der Waals surface area contributed by atoms with E-state index in [-0.39, 0.29) is 102 Å². The second-order valence-electron chi connectivity index (χ2n) is 5.67.